The van der Waals surface area contributed by atoms with Gasteiger partial charge in [-0.25, -0.2) is 9.50 Å². The third-order valence-electron chi connectivity index (χ3n) is 2.69. The standard InChI is InChI=1S/C13H10ClN3S/c1-18-13-12-8-11(16-17(12)7-6-15-13)9-2-4-10(14)5-3-9/h2-8H,1H3. The van der Waals surface area contributed by atoms with Gasteiger partial charge in [-0.3, -0.25) is 0 Å². The third-order valence-corrected chi connectivity index (χ3v) is 3.64. The normalized spacial score (nSPS) is 11.0. The van der Waals surface area contributed by atoms with E-state index in [1.54, 1.807) is 18.0 Å². The summed E-state index contributed by atoms with van der Waals surface area (Å²) in [5.41, 5.74) is 3.00. The summed E-state index contributed by atoms with van der Waals surface area (Å²) in [6.45, 7) is 0. The zero-order valence-electron chi connectivity index (χ0n) is 9.67. The number of nitrogens with zero attached hydrogens (tertiary/aromatic N) is 3. The van der Waals surface area contributed by atoms with Gasteiger partial charge in [-0.05, 0) is 24.5 Å². The molecule has 0 aliphatic carbocycles. The Morgan fingerprint density at radius 1 is 1.22 bits per heavy atom. The predicted molar refractivity (Wildman–Crippen MR) is 75.2 cm³/mol. The summed E-state index contributed by atoms with van der Waals surface area (Å²) < 4.78 is 1.85. The molecule has 1 aromatic carbocycles. The number of halogens is 1. The van der Waals surface area contributed by atoms with Gasteiger partial charge in [0.25, 0.3) is 0 Å². The second-order valence-corrected chi connectivity index (χ2v) is 5.03. The minimum Gasteiger partial charge on any atom is -0.246 e. The van der Waals surface area contributed by atoms with Crippen molar-refractivity contribution in [3.8, 4) is 11.3 Å². The maximum Gasteiger partial charge on any atom is 0.122 e. The maximum absolute atomic E-state index is 5.89. The summed E-state index contributed by atoms with van der Waals surface area (Å²) in [5, 5.41) is 6.25. The summed E-state index contributed by atoms with van der Waals surface area (Å²) in [6, 6.07) is 9.72. The van der Waals surface area contributed by atoms with Crippen molar-refractivity contribution in [1.29, 1.82) is 0 Å². The molecule has 0 saturated carbocycles. The predicted octanol–water partition coefficient (Wildman–Crippen LogP) is 3.77. The molecule has 0 N–H and O–H groups in total. The molecule has 0 spiro atoms. The third kappa shape index (κ3) is 1.98. The molecule has 0 amide bonds. The molecule has 90 valence electrons. The smallest absolute Gasteiger partial charge is 0.122 e. The first-order valence-electron chi connectivity index (χ1n) is 5.42. The second-order valence-electron chi connectivity index (χ2n) is 3.80. The fourth-order valence-corrected chi connectivity index (χ4v) is 2.47. The van der Waals surface area contributed by atoms with Gasteiger partial charge in [0.15, 0.2) is 0 Å². The van der Waals surface area contributed by atoms with Crippen LogP contribution in [0.5, 0.6) is 0 Å². The number of hydrogen-bond acceptors (Lipinski definition) is 3. The van der Waals surface area contributed by atoms with E-state index in [4.69, 9.17) is 11.6 Å². The first-order valence-corrected chi connectivity index (χ1v) is 7.02. The summed E-state index contributed by atoms with van der Waals surface area (Å²) in [4.78, 5) is 4.33. The first-order chi connectivity index (χ1) is 8.78. The van der Waals surface area contributed by atoms with E-state index in [9.17, 15) is 0 Å². The van der Waals surface area contributed by atoms with Crippen LogP contribution >= 0.6 is 23.4 Å². The Labute approximate surface area is 114 Å². The SMILES string of the molecule is CSc1nccn2nc(-c3ccc(Cl)cc3)cc12. The van der Waals surface area contributed by atoms with Crippen molar-refractivity contribution >= 4 is 28.9 Å². The van der Waals surface area contributed by atoms with Crippen molar-refractivity contribution in [3.05, 3.63) is 47.7 Å². The van der Waals surface area contributed by atoms with Crippen LogP contribution in [-0.2, 0) is 0 Å². The Kier molecular flexibility index (Phi) is 2.97. The molecule has 2 aromatic heterocycles. The highest BCUT2D eigenvalue weighted by molar-refractivity contribution is 7.98. The van der Waals surface area contributed by atoms with Crippen LogP contribution in [-0.4, -0.2) is 20.9 Å². The summed E-state index contributed by atoms with van der Waals surface area (Å²) in [7, 11) is 0. The van der Waals surface area contributed by atoms with Gasteiger partial charge in [0.2, 0.25) is 0 Å². The molecule has 0 saturated heterocycles. The summed E-state index contributed by atoms with van der Waals surface area (Å²) in [5.74, 6) is 0. The van der Waals surface area contributed by atoms with Crippen molar-refractivity contribution in [2.24, 2.45) is 0 Å². The van der Waals surface area contributed by atoms with Crippen molar-refractivity contribution in [2.45, 2.75) is 5.03 Å². The van der Waals surface area contributed by atoms with Gasteiger partial charge in [0.05, 0.1) is 11.2 Å². The molecule has 0 atom stereocenters. The number of fused-ring (bicyclic) bond motifs is 1. The zero-order valence-corrected chi connectivity index (χ0v) is 11.2. The van der Waals surface area contributed by atoms with Crippen LogP contribution in [0.3, 0.4) is 0 Å². The Morgan fingerprint density at radius 3 is 2.72 bits per heavy atom. The Balaban J connectivity index is 2.16. The number of rotatable bonds is 2. The molecular weight excluding hydrogens is 266 g/mol. The van der Waals surface area contributed by atoms with Gasteiger partial charge in [-0.2, -0.15) is 5.10 Å². The molecule has 0 aliphatic heterocycles. The van der Waals surface area contributed by atoms with Crippen LogP contribution in [0.4, 0.5) is 0 Å². The fourth-order valence-electron chi connectivity index (χ4n) is 1.82. The molecule has 2 heterocycles. The van der Waals surface area contributed by atoms with E-state index >= 15 is 0 Å². The lowest BCUT2D eigenvalue weighted by Gasteiger charge is -1.96. The van der Waals surface area contributed by atoms with E-state index in [1.165, 1.54) is 0 Å². The molecule has 3 aromatic rings. The molecule has 0 unspecified atom stereocenters. The Bertz CT molecular complexity index is 691. The highest BCUT2D eigenvalue weighted by Gasteiger charge is 2.08. The van der Waals surface area contributed by atoms with Crippen molar-refractivity contribution in [1.82, 2.24) is 14.6 Å². The molecule has 3 nitrogen and oxygen atoms in total. The van der Waals surface area contributed by atoms with E-state index in [1.807, 2.05) is 47.3 Å². The maximum atomic E-state index is 5.89. The van der Waals surface area contributed by atoms with Crippen molar-refractivity contribution in [3.63, 3.8) is 0 Å². The highest BCUT2D eigenvalue weighted by atomic mass is 35.5. The van der Waals surface area contributed by atoms with Gasteiger partial charge in [-0.1, -0.05) is 23.7 Å². The molecule has 0 radical (unpaired) electrons. The number of aromatic nitrogens is 3. The van der Waals surface area contributed by atoms with E-state index in [-0.39, 0.29) is 0 Å². The lowest BCUT2D eigenvalue weighted by atomic mass is 10.1. The lowest BCUT2D eigenvalue weighted by Crippen LogP contribution is -1.89. The molecular formula is C13H10ClN3S. The number of hydrogen-bond donors (Lipinski definition) is 0. The van der Waals surface area contributed by atoms with Gasteiger partial charge < -0.3 is 0 Å². The highest BCUT2D eigenvalue weighted by Crippen LogP contribution is 2.25. The van der Waals surface area contributed by atoms with Gasteiger partial charge in [0.1, 0.15) is 5.03 Å². The quantitative estimate of drug-likeness (QED) is 0.667. The number of benzene rings is 1. The molecule has 18 heavy (non-hydrogen) atoms. The summed E-state index contributed by atoms with van der Waals surface area (Å²) >= 11 is 7.50. The van der Waals surface area contributed by atoms with E-state index in [0.29, 0.717) is 0 Å². The van der Waals surface area contributed by atoms with Crippen LogP contribution in [0.1, 0.15) is 0 Å². The van der Waals surface area contributed by atoms with Gasteiger partial charge in [-0.15, -0.1) is 11.8 Å². The largest absolute Gasteiger partial charge is 0.246 e. The van der Waals surface area contributed by atoms with Crippen LogP contribution in [0.25, 0.3) is 16.8 Å². The fraction of sp³-hybridized carbons (Fsp3) is 0.0769. The molecule has 5 heteroatoms. The van der Waals surface area contributed by atoms with Crippen molar-refractivity contribution in [2.75, 3.05) is 6.26 Å². The van der Waals surface area contributed by atoms with E-state index in [0.717, 1.165) is 26.8 Å². The van der Waals surface area contributed by atoms with Crippen LogP contribution in [0.2, 0.25) is 5.02 Å². The monoisotopic (exact) mass is 275 g/mol. The molecule has 3 rings (SSSR count). The van der Waals surface area contributed by atoms with E-state index < -0.39 is 0 Å². The second kappa shape index (κ2) is 4.63. The van der Waals surface area contributed by atoms with Crippen LogP contribution in [0, 0.1) is 0 Å². The average Bonchev–Trinajstić information content (AvgIpc) is 2.83. The van der Waals surface area contributed by atoms with Gasteiger partial charge >= 0.3 is 0 Å². The van der Waals surface area contributed by atoms with Crippen molar-refractivity contribution < 1.29 is 0 Å². The Morgan fingerprint density at radius 2 is 2.00 bits per heavy atom. The topological polar surface area (TPSA) is 30.2 Å². The van der Waals surface area contributed by atoms with Gasteiger partial charge in [0, 0.05) is 23.0 Å². The summed E-state index contributed by atoms with van der Waals surface area (Å²) in [6.07, 6.45) is 5.63. The van der Waals surface area contributed by atoms with Crippen LogP contribution in [0.15, 0.2) is 47.8 Å². The molecule has 0 fully saturated rings. The molecule has 0 aliphatic rings. The van der Waals surface area contributed by atoms with E-state index in [2.05, 4.69) is 10.1 Å². The molecule has 0 bridgehead atoms. The minimum atomic E-state index is 0.731. The zero-order chi connectivity index (χ0) is 12.5. The average molecular weight is 276 g/mol. The Hall–Kier alpha value is -1.52. The minimum absolute atomic E-state index is 0.731. The lowest BCUT2D eigenvalue weighted by molar-refractivity contribution is 0.921. The van der Waals surface area contributed by atoms with Crippen LogP contribution < -0.4 is 0 Å². The first kappa shape index (κ1) is 11.6. The number of thioether (sulfide) groups is 1.